The van der Waals surface area contributed by atoms with Crippen molar-refractivity contribution in [3.63, 3.8) is 0 Å². The summed E-state index contributed by atoms with van der Waals surface area (Å²) < 4.78 is 31.8. The van der Waals surface area contributed by atoms with Crippen LogP contribution in [0.2, 0.25) is 0 Å². The second-order valence-corrected chi connectivity index (χ2v) is 7.96. The number of rotatable bonds is 4. The summed E-state index contributed by atoms with van der Waals surface area (Å²) in [7, 11) is 0. The Morgan fingerprint density at radius 3 is 2.90 bits per heavy atom. The van der Waals surface area contributed by atoms with Crippen LogP contribution in [0.1, 0.15) is 24.7 Å². The number of aromatic nitrogens is 2. The topological polar surface area (TPSA) is 56.7 Å². The third kappa shape index (κ3) is 3.65. The number of ether oxygens (including phenoxy) is 3. The summed E-state index contributed by atoms with van der Waals surface area (Å²) in [5, 5.41) is 2.12. The molecule has 0 radical (unpaired) electrons. The molecule has 30 heavy (non-hydrogen) atoms. The van der Waals surface area contributed by atoms with Crippen molar-refractivity contribution in [3.8, 4) is 17.5 Å². The highest BCUT2D eigenvalue weighted by atomic mass is 19.1. The van der Waals surface area contributed by atoms with E-state index in [0.717, 1.165) is 22.9 Å². The molecule has 1 fully saturated rings. The van der Waals surface area contributed by atoms with Gasteiger partial charge in [0.05, 0.1) is 5.69 Å². The van der Waals surface area contributed by atoms with Crippen molar-refractivity contribution in [1.82, 2.24) is 14.9 Å². The van der Waals surface area contributed by atoms with Gasteiger partial charge >= 0.3 is 0 Å². The van der Waals surface area contributed by atoms with Gasteiger partial charge in [-0.15, -0.1) is 0 Å². The fourth-order valence-electron chi connectivity index (χ4n) is 4.19. The zero-order valence-electron chi connectivity index (χ0n) is 17.1. The molecule has 4 heterocycles. The van der Waals surface area contributed by atoms with Crippen LogP contribution in [-0.2, 0) is 6.54 Å². The van der Waals surface area contributed by atoms with Crippen molar-refractivity contribution in [3.05, 3.63) is 53.6 Å². The van der Waals surface area contributed by atoms with Crippen LogP contribution in [0, 0.1) is 12.7 Å². The number of fused-ring (bicyclic) bond motifs is 2. The molecule has 0 amide bonds. The van der Waals surface area contributed by atoms with E-state index in [9.17, 15) is 4.39 Å². The minimum atomic E-state index is -0.373. The van der Waals surface area contributed by atoms with Gasteiger partial charge in [0, 0.05) is 42.7 Å². The Bertz CT molecular complexity index is 1090. The molecular weight excluding hydrogens is 385 g/mol. The first kappa shape index (κ1) is 19.1. The van der Waals surface area contributed by atoms with Gasteiger partial charge in [-0.2, -0.15) is 0 Å². The average molecular weight is 409 g/mol. The monoisotopic (exact) mass is 409 g/mol. The highest BCUT2D eigenvalue weighted by molar-refractivity contribution is 5.87. The van der Waals surface area contributed by atoms with Gasteiger partial charge in [-0.3, -0.25) is 4.90 Å². The van der Waals surface area contributed by atoms with Crippen molar-refractivity contribution < 1.29 is 18.6 Å². The Labute approximate surface area is 174 Å². The molecule has 1 aromatic carbocycles. The molecule has 2 aliphatic rings. The van der Waals surface area contributed by atoms with Crippen LogP contribution in [0.3, 0.4) is 0 Å². The predicted octanol–water partition coefficient (Wildman–Crippen LogP) is 3.89. The van der Waals surface area contributed by atoms with Crippen LogP contribution in [-0.4, -0.2) is 46.8 Å². The van der Waals surface area contributed by atoms with Gasteiger partial charge in [0.15, 0.2) is 5.75 Å². The molecule has 0 aliphatic carbocycles. The summed E-state index contributed by atoms with van der Waals surface area (Å²) in [5.41, 5.74) is 1.29. The van der Waals surface area contributed by atoms with Crippen molar-refractivity contribution in [1.29, 1.82) is 0 Å². The van der Waals surface area contributed by atoms with Crippen LogP contribution in [0.15, 0.2) is 36.4 Å². The maximum absolute atomic E-state index is 14.6. The van der Waals surface area contributed by atoms with E-state index >= 15 is 0 Å². The standard InChI is InChI=1S/C23H24FN3O3/c1-14-9-16-5-3-4-6-18(16)22(25-14)30-17-10-15(2)27(12-17)13-20-19(24)11-21-23(26-20)29-8-7-28-21/h3-6,9,11,15,17H,7-8,10,12-13H2,1-2H3/t15-,17+/m0/s1. The molecule has 1 saturated heterocycles. The maximum atomic E-state index is 14.6. The lowest BCUT2D eigenvalue weighted by molar-refractivity contribution is 0.160. The first-order valence-electron chi connectivity index (χ1n) is 10.3. The number of pyridine rings is 2. The molecule has 7 heteroatoms. The van der Waals surface area contributed by atoms with Gasteiger partial charge < -0.3 is 14.2 Å². The first-order chi connectivity index (χ1) is 14.6. The van der Waals surface area contributed by atoms with E-state index < -0.39 is 0 Å². The third-order valence-corrected chi connectivity index (χ3v) is 5.69. The summed E-state index contributed by atoms with van der Waals surface area (Å²) in [6.45, 7) is 6.02. The van der Waals surface area contributed by atoms with E-state index in [4.69, 9.17) is 14.2 Å². The highest BCUT2D eigenvalue weighted by Gasteiger charge is 2.32. The molecule has 5 rings (SSSR count). The van der Waals surface area contributed by atoms with E-state index in [2.05, 4.69) is 33.9 Å². The second kappa shape index (κ2) is 7.72. The van der Waals surface area contributed by atoms with E-state index in [1.54, 1.807) is 0 Å². The minimum absolute atomic E-state index is 0.0158. The Morgan fingerprint density at radius 2 is 2.00 bits per heavy atom. The molecular formula is C23H24FN3O3. The number of halogens is 1. The van der Waals surface area contributed by atoms with Crippen LogP contribution >= 0.6 is 0 Å². The summed E-state index contributed by atoms with van der Waals surface area (Å²) in [5.74, 6) is 1.03. The number of aryl methyl sites for hydroxylation is 1. The van der Waals surface area contributed by atoms with E-state index in [-0.39, 0.29) is 18.0 Å². The van der Waals surface area contributed by atoms with Gasteiger partial charge in [0.2, 0.25) is 5.88 Å². The molecule has 2 aromatic heterocycles. The van der Waals surface area contributed by atoms with Gasteiger partial charge in [0.1, 0.15) is 25.1 Å². The van der Waals surface area contributed by atoms with E-state index in [1.807, 2.05) is 25.1 Å². The van der Waals surface area contributed by atoms with Crippen LogP contribution in [0.25, 0.3) is 10.8 Å². The van der Waals surface area contributed by atoms with Crippen molar-refractivity contribution >= 4 is 10.8 Å². The lowest BCUT2D eigenvalue weighted by atomic mass is 10.1. The predicted molar refractivity (Wildman–Crippen MR) is 111 cm³/mol. The fourth-order valence-corrected chi connectivity index (χ4v) is 4.19. The maximum Gasteiger partial charge on any atom is 0.257 e. The van der Waals surface area contributed by atoms with Crippen molar-refractivity contribution in [2.45, 2.75) is 39.0 Å². The molecule has 3 aromatic rings. The molecule has 0 spiro atoms. The Balaban J connectivity index is 1.33. The largest absolute Gasteiger partial charge is 0.484 e. The highest BCUT2D eigenvalue weighted by Crippen LogP contribution is 2.32. The van der Waals surface area contributed by atoms with Crippen molar-refractivity contribution in [2.75, 3.05) is 19.8 Å². The molecule has 2 atom stereocenters. The zero-order chi connectivity index (χ0) is 20.7. The summed E-state index contributed by atoms with van der Waals surface area (Å²) >= 11 is 0. The molecule has 6 nitrogen and oxygen atoms in total. The molecule has 0 bridgehead atoms. The van der Waals surface area contributed by atoms with Crippen LogP contribution < -0.4 is 14.2 Å². The zero-order valence-corrected chi connectivity index (χ0v) is 17.1. The van der Waals surface area contributed by atoms with Crippen LogP contribution in [0.4, 0.5) is 4.39 Å². The normalized spacial score (nSPS) is 21.2. The summed E-state index contributed by atoms with van der Waals surface area (Å²) in [6, 6.07) is 11.8. The Hall–Kier alpha value is -2.93. The smallest absolute Gasteiger partial charge is 0.257 e. The lowest BCUT2D eigenvalue weighted by Crippen LogP contribution is -2.29. The van der Waals surface area contributed by atoms with Gasteiger partial charge in [-0.25, -0.2) is 14.4 Å². The van der Waals surface area contributed by atoms with Gasteiger partial charge in [0.25, 0.3) is 5.88 Å². The fraction of sp³-hybridized carbons (Fsp3) is 0.391. The number of hydrogen-bond donors (Lipinski definition) is 0. The summed E-state index contributed by atoms with van der Waals surface area (Å²) in [4.78, 5) is 11.2. The Morgan fingerprint density at radius 1 is 1.17 bits per heavy atom. The number of nitrogens with zero attached hydrogens (tertiary/aromatic N) is 3. The van der Waals surface area contributed by atoms with E-state index in [0.29, 0.717) is 49.5 Å². The second-order valence-electron chi connectivity index (χ2n) is 7.96. The lowest BCUT2D eigenvalue weighted by Gasteiger charge is -2.22. The molecule has 0 saturated carbocycles. The van der Waals surface area contributed by atoms with Gasteiger partial charge in [-0.1, -0.05) is 18.2 Å². The Kier molecular flexibility index (Phi) is 4.90. The quantitative estimate of drug-likeness (QED) is 0.652. The van der Waals surface area contributed by atoms with E-state index in [1.165, 1.54) is 6.07 Å². The minimum Gasteiger partial charge on any atom is -0.484 e. The van der Waals surface area contributed by atoms with Gasteiger partial charge in [-0.05, 0) is 31.4 Å². The van der Waals surface area contributed by atoms with Crippen LogP contribution in [0.5, 0.6) is 17.5 Å². The van der Waals surface area contributed by atoms with Crippen molar-refractivity contribution in [2.24, 2.45) is 0 Å². The number of hydrogen-bond acceptors (Lipinski definition) is 6. The first-order valence-corrected chi connectivity index (χ1v) is 10.3. The number of benzene rings is 1. The molecule has 0 unspecified atom stereocenters. The molecule has 0 N–H and O–H groups in total. The molecule has 2 aliphatic heterocycles. The molecule has 156 valence electrons. The summed E-state index contributed by atoms with van der Waals surface area (Å²) in [6.07, 6.45) is 0.828. The SMILES string of the molecule is Cc1cc2ccccc2c(O[C@@H]2C[C@H](C)N(Cc3nc4c(cc3F)OCCO4)C2)n1. The third-order valence-electron chi connectivity index (χ3n) is 5.69. The average Bonchev–Trinajstić information content (AvgIpc) is 3.07. The number of likely N-dealkylation sites (tertiary alicyclic amines) is 1.